The van der Waals surface area contributed by atoms with Crippen molar-refractivity contribution in [2.75, 3.05) is 13.1 Å². The first kappa shape index (κ1) is 34.1. The molecule has 1 aromatic heterocycles. The van der Waals surface area contributed by atoms with E-state index in [-0.39, 0.29) is 41.5 Å². The van der Waals surface area contributed by atoms with Gasteiger partial charge in [-0.15, -0.1) is 11.3 Å². The van der Waals surface area contributed by atoms with E-state index >= 15 is 0 Å². The average molecular weight is 701 g/mol. The Labute approximate surface area is 279 Å². The monoisotopic (exact) mass is 700 g/mol. The van der Waals surface area contributed by atoms with Crippen molar-refractivity contribution in [3.63, 3.8) is 0 Å². The van der Waals surface area contributed by atoms with E-state index in [1.807, 2.05) is 30.3 Å². The lowest BCUT2D eigenvalue weighted by atomic mass is 9.90. The van der Waals surface area contributed by atoms with Crippen molar-refractivity contribution in [1.82, 2.24) is 15.1 Å². The number of benzene rings is 2. The zero-order valence-corrected chi connectivity index (χ0v) is 27.5. The molecule has 254 valence electrons. The molecule has 6 rings (SSSR count). The number of carbonyl (C=O) groups excluding carboxylic acids is 3. The minimum absolute atomic E-state index is 0.0392. The van der Waals surface area contributed by atoms with Gasteiger partial charge in [-0.3, -0.25) is 18.9 Å². The molecule has 3 amide bonds. The molecule has 4 heterocycles. The van der Waals surface area contributed by atoms with Crippen molar-refractivity contribution < 1.29 is 42.6 Å². The second kappa shape index (κ2) is 13.3. The Kier molecular flexibility index (Phi) is 9.45. The SMILES string of the molecule is N#C[C@@H]1CN(C(=O)[C@@H]2C[C@@H](O)[C@@H]3CCCCC[C@H](NC(=O)c4cc5cc(C(F)(F)P(=O)(O)O)ccc5s4)C(=O)N23)C[C@H]1c1ccccc1. The predicted octanol–water partition coefficient (Wildman–Crippen LogP) is 4.29. The van der Waals surface area contributed by atoms with Crippen LogP contribution in [0.1, 0.15) is 65.2 Å². The number of thiophene rings is 1. The number of amides is 3. The van der Waals surface area contributed by atoms with Crippen LogP contribution in [0, 0.1) is 17.2 Å². The van der Waals surface area contributed by atoms with Crippen LogP contribution >= 0.6 is 18.9 Å². The standard InChI is InChI=1S/C33H35F2N4O7PS/c34-33(35,47(44,45)46)22-11-12-28-20(13-22)14-29(48-28)30(41)37-24-9-5-2-6-10-25-27(40)15-26(39(25)31(24)42)32(43)38-17-21(16-36)23(18-38)19-7-3-1-4-8-19/h1,3-4,7-8,11-14,21,23-27,40H,2,5-6,9-10,15,17-18H2,(H,37,41)(H2,44,45,46)/t21-,23+,24+,25+,26+,27-/m1/s1. The molecular weight excluding hydrogens is 665 g/mol. The third kappa shape index (κ3) is 6.37. The molecule has 0 radical (unpaired) electrons. The lowest BCUT2D eigenvalue weighted by molar-refractivity contribution is -0.146. The topological polar surface area (TPSA) is 171 Å². The van der Waals surface area contributed by atoms with Gasteiger partial charge < -0.3 is 30.0 Å². The van der Waals surface area contributed by atoms with Gasteiger partial charge in [0.15, 0.2) is 0 Å². The molecule has 3 aliphatic heterocycles. The highest BCUT2D eigenvalue weighted by Gasteiger charge is 2.52. The molecule has 3 aliphatic rings. The molecule has 48 heavy (non-hydrogen) atoms. The van der Waals surface area contributed by atoms with E-state index in [0.717, 1.165) is 35.5 Å². The number of halogens is 2. The first-order valence-corrected chi connectivity index (χ1v) is 18.2. The minimum atomic E-state index is -5.79. The fraction of sp³-hybridized carbons (Fsp3) is 0.455. The summed E-state index contributed by atoms with van der Waals surface area (Å²) in [6.45, 7) is 0.496. The summed E-state index contributed by atoms with van der Waals surface area (Å²) in [5.41, 5.74) is -4.35. The van der Waals surface area contributed by atoms with Gasteiger partial charge in [-0.2, -0.15) is 14.0 Å². The van der Waals surface area contributed by atoms with Crippen LogP contribution in [0.25, 0.3) is 10.1 Å². The first-order chi connectivity index (χ1) is 22.8. The second-order valence-electron chi connectivity index (χ2n) is 12.7. The van der Waals surface area contributed by atoms with E-state index in [2.05, 4.69) is 11.4 Å². The molecule has 0 unspecified atom stereocenters. The minimum Gasteiger partial charge on any atom is -0.391 e. The van der Waals surface area contributed by atoms with Crippen LogP contribution in [-0.2, 0) is 19.8 Å². The highest BCUT2D eigenvalue weighted by atomic mass is 32.1. The fourth-order valence-corrected chi connectivity index (χ4v) is 8.63. The highest BCUT2D eigenvalue weighted by molar-refractivity contribution is 7.52. The molecule has 0 bridgehead atoms. The summed E-state index contributed by atoms with van der Waals surface area (Å²) in [4.78, 5) is 63.1. The first-order valence-electron chi connectivity index (χ1n) is 15.8. The lowest BCUT2D eigenvalue weighted by Crippen LogP contribution is -2.56. The Bertz CT molecular complexity index is 1810. The van der Waals surface area contributed by atoms with Gasteiger partial charge in [0.2, 0.25) is 11.8 Å². The van der Waals surface area contributed by atoms with Crippen molar-refractivity contribution in [1.29, 1.82) is 5.26 Å². The molecule has 11 nitrogen and oxygen atoms in total. The number of rotatable bonds is 6. The van der Waals surface area contributed by atoms with Crippen molar-refractivity contribution in [3.05, 3.63) is 70.6 Å². The second-order valence-corrected chi connectivity index (χ2v) is 15.5. The smallest absolute Gasteiger partial charge is 0.391 e. The number of carbonyl (C=O) groups is 3. The number of aliphatic hydroxyl groups excluding tert-OH is 1. The molecule has 0 aliphatic carbocycles. The summed E-state index contributed by atoms with van der Waals surface area (Å²) in [6, 6.07) is 13.6. The molecule has 0 spiro atoms. The maximum absolute atomic E-state index is 14.3. The Morgan fingerprint density at radius 3 is 2.48 bits per heavy atom. The maximum atomic E-state index is 14.3. The molecule has 3 saturated heterocycles. The van der Waals surface area contributed by atoms with Crippen molar-refractivity contribution in [2.45, 2.75) is 74.3 Å². The quantitative estimate of drug-likeness (QED) is 0.276. The van der Waals surface area contributed by atoms with Crippen LogP contribution in [0.4, 0.5) is 8.78 Å². The molecule has 0 saturated carbocycles. The number of hydrogen-bond donors (Lipinski definition) is 4. The predicted molar refractivity (Wildman–Crippen MR) is 172 cm³/mol. The van der Waals surface area contributed by atoms with Crippen molar-refractivity contribution >= 4 is 46.7 Å². The summed E-state index contributed by atoms with van der Waals surface area (Å²) in [6.07, 6.45) is 1.92. The van der Waals surface area contributed by atoms with Gasteiger partial charge in [0, 0.05) is 35.7 Å². The molecule has 3 fully saturated rings. The Morgan fingerprint density at radius 2 is 1.77 bits per heavy atom. The molecular formula is C33H35F2N4O7PS. The van der Waals surface area contributed by atoms with E-state index < -0.39 is 60.8 Å². The number of fused-ring (bicyclic) bond motifs is 2. The Morgan fingerprint density at radius 1 is 1.04 bits per heavy atom. The van der Waals surface area contributed by atoms with E-state index in [1.165, 1.54) is 17.0 Å². The van der Waals surface area contributed by atoms with Crippen LogP contribution < -0.4 is 5.32 Å². The van der Waals surface area contributed by atoms with Gasteiger partial charge in [-0.25, -0.2) is 0 Å². The number of nitrogens with zero attached hydrogens (tertiary/aromatic N) is 3. The summed E-state index contributed by atoms with van der Waals surface area (Å²) in [5.74, 6) is -2.11. The van der Waals surface area contributed by atoms with Crippen molar-refractivity contribution in [3.8, 4) is 6.07 Å². The normalized spacial score (nSPS) is 26.8. The number of alkyl halides is 2. The van der Waals surface area contributed by atoms with Crippen LogP contribution in [0.5, 0.6) is 0 Å². The summed E-state index contributed by atoms with van der Waals surface area (Å²) >= 11 is 0.975. The van der Waals surface area contributed by atoms with Gasteiger partial charge in [0.1, 0.15) is 12.1 Å². The van der Waals surface area contributed by atoms with E-state index in [4.69, 9.17) is 9.79 Å². The fourth-order valence-electron chi connectivity index (χ4n) is 7.20. The zero-order chi connectivity index (χ0) is 34.4. The number of hydrogen-bond acceptors (Lipinski definition) is 7. The van der Waals surface area contributed by atoms with Crippen LogP contribution in [-0.4, -0.2) is 79.7 Å². The Balaban J connectivity index is 1.23. The van der Waals surface area contributed by atoms with Gasteiger partial charge >= 0.3 is 13.3 Å². The average Bonchev–Trinajstić information content (AvgIpc) is 3.78. The molecule has 6 atom stereocenters. The van der Waals surface area contributed by atoms with E-state index in [0.29, 0.717) is 30.5 Å². The zero-order valence-electron chi connectivity index (χ0n) is 25.7. The third-order valence-electron chi connectivity index (χ3n) is 9.72. The number of likely N-dealkylation sites (tertiary alicyclic amines) is 1. The third-order valence-corrected chi connectivity index (χ3v) is 11.8. The molecule has 2 aromatic carbocycles. The van der Waals surface area contributed by atoms with Gasteiger partial charge in [-0.05, 0) is 42.0 Å². The number of aliphatic hydroxyl groups is 1. The summed E-state index contributed by atoms with van der Waals surface area (Å²) < 4.78 is 40.5. The van der Waals surface area contributed by atoms with Crippen LogP contribution in [0.15, 0.2) is 54.6 Å². The van der Waals surface area contributed by atoms with Gasteiger partial charge in [0.05, 0.1) is 29.0 Å². The van der Waals surface area contributed by atoms with E-state index in [1.54, 1.807) is 4.90 Å². The molecule has 3 aromatic rings. The number of nitrogens with one attached hydrogen (secondary N) is 1. The molecule has 4 N–H and O–H groups in total. The highest BCUT2D eigenvalue weighted by Crippen LogP contribution is 2.59. The lowest BCUT2D eigenvalue weighted by Gasteiger charge is -2.34. The van der Waals surface area contributed by atoms with Gasteiger partial charge in [0.25, 0.3) is 5.91 Å². The molecule has 15 heteroatoms. The van der Waals surface area contributed by atoms with Crippen LogP contribution in [0.2, 0.25) is 0 Å². The van der Waals surface area contributed by atoms with Crippen LogP contribution in [0.3, 0.4) is 0 Å². The number of nitriles is 1. The van der Waals surface area contributed by atoms with Gasteiger partial charge in [-0.1, -0.05) is 55.7 Å². The Hall–Kier alpha value is -3.73. The summed E-state index contributed by atoms with van der Waals surface area (Å²) in [5, 5.41) is 23.9. The van der Waals surface area contributed by atoms with Crippen molar-refractivity contribution in [2.24, 2.45) is 5.92 Å². The largest absolute Gasteiger partial charge is 0.399 e. The maximum Gasteiger partial charge on any atom is 0.399 e. The van der Waals surface area contributed by atoms with E-state index in [9.17, 15) is 38.1 Å². The summed E-state index contributed by atoms with van der Waals surface area (Å²) in [7, 11) is -5.79.